The summed E-state index contributed by atoms with van der Waals surface area (Å²) in [6.07, 6.45) is 0. The van der Waals surface area contributed by atoms with Gasteiger partial charge in [-0.3, -0.25) is 10.1 Å². The van der Waals surface area contributed by atoms with Crippen molar-refractivity contribution in [3.63, 3.8) is 0 Å². The van der Waals surface area contributed by atoms with Crippen LogP contribution in [0.2, 0.25) is 0 Å². The lowest BCUT2D eigenvalue weighted by Crippen LogP contribution is -2.41. The molecule has 0 radical (unpaired) electrons. The molecule has 0 aliphatic rings. The number of methoxy groups -OCH3 is 2. The van der Waals surface area contributed by atoms with Gasteiger partial charge in [-0.05, 0) is 58.0 Å². The molecule has 0 spiro atoms. The number of carbonyl (C=O) groups excluding carboxylic acids is 1. The van der Waals surface area contributed by atoms with Gasteiger partial charge < -0.3 is 9.47 Å². The lowest BCUT2D eigenvalue weighted by Gasteiger charge is -2.29. The second-order valence-electron chi connectivity index (χ2n) is 7.67. The lowest BCUT2D eigenvalue weighted by molar-refractivity contribution is 0.102. The van der Waals surface area contributed by atoms with Crippen LogP contribution in [-0.4, -0.2) is 49.9 Å². The van der Waals surface area contributed by atoms with Crippen LogP contribution in [0.25, 0.3) is 10.2 Å². The number of aromatic nitrogens is 1. The van der Waals surface area contributed by atoms with Crippen molar-refractivity contribution < 1.29 is 22.7 Å². The SMILES string of the molecule is COc1cccc(C(=O)Nc2nc3ccc(S(=O)(=O)N(C(C)C)C(C)C)cc3s2)c1OC. The molecule has 32 heavy (non-hydrogen) atoms. The third kappa shape index (κ3) is 4.57. The van der Waals surface area contributed by atoms with Crippen LogP contribution < -0.4 is 14.8 Å². The summed E-state index contributed by atoms with van der Waals surface area (Å²) in [5, 5.41) is 3.12. The highest BCUT2D eigenvalue weighted by atomic mass is 32.2. The van der Waals surface area contributed by atoms with E-state index in [1.807, 2.05) is 27.7 Å². The first kappa shape index (κ1) is 24.0. The van der Waals surface area contributed by atoms with Crippen LogP contribution in [0, 0.1) is 0 Å². The van der Waals surface area contributed by atoms with Crippen molar-refractivity contribution >= 4 is 42.6 Å². The van der Waals surface area contributed by atoms with Gasteiger partial charge in [-0.25, -0.2) is 13.4 Å². The molecule has 3 aromatic rings. The minimum absolute atomic E-state index is 0.176. The van der Waals surface area contributed by atoms with Gasteiger partial charge >= 0.3 is 0 Å². The smallest absolute Gasteiger partial charge is 0.261 e. The second kappa shape index (κ2) is 9.43. The van der Waals surface area contributed by atoms with Gasteiger partial charge in [-0.15, -0.1) is 0 Å². The molecule has 0 bridgehead atoms. The Bertz CT molecular complexity index is 1230. The number of sulfonamides is 1. The van der Waals surface area contributed by atoms with Crippen LogP contribution in [0.5, 0.6) is 11.5 Å². The first-order chi connectivity index (χ1) is 15.1. The van der Waals surface area contributed by atoms with Crippen molar-refractivity contribution in [1.82, 2.24) is 9.29 Å². The number of amides is 1. The molecule has 2 aromatic carbocycles. The van der Waals surface area contributed by atoms with Crippen molar-refractivity contribution in [3.8, 4) is 11.5 Å². The van der Waals surface area contributed by atoms with Gasteiger partial charge in [0.25, 0.3) is 5.91 Å². The third-order valence-electron chi connectivity index (χ3n) is 4.82. The van der Waals surface area contributed by atoms with E-state index in [9.17, 15) is 13.2 Å². The minimum Gasteiger partial charge on any atom is -0.493 e. The van der Waals surface area contributed by atoms with Crippen molar-refractivity contribution in [3.05, 3.63) is 42.0 Å². The highest BCUT2D eigenvalue weighted by Crippen LogP contribution is 2.33. The monoisotopic (exact) mass is 477 g/mol. The van der Waals surface area contributed by atoms with Gasteiger partial charge in [0.05, 0.1) is 34.9 Å². The van der Waals surface area contributed by atoms with E-state index >= 15 is 0 Å². The van der Waals surface area contributed by atoms with Crippen LogP contribution in [-0.2, 0) is 10.0 Å². The number of nitrogens with zero attached hydrogens (tertiary/aromatic N) is 2. The van der Waals surface area contributed by atoms with Crippen LogP contribution in [0.3, 0.4) is 0 Å². The van der Waals surface area contributed by atoms with Crippen molar-refractivity contribution in [1.29, 1.82) is 0 Å². The highest BCUT2D eigenvalue weighted by Gasteiger charge is 2.30. The molecule has 8 nitrogen and oxygen atoms in total. The van der Waals surface area contributed by atoms with E-state index in [4.69, 9.17) is 9.47 Å². The van der Waals surface area contributed by atoms with Gasteiger partial charge in [-0.2, -0.15) is 4.31 Å². The fourth-order valence-corrected chi connectivity index (χ4v) is 6.46. The fourth-order valence-electron chi connectivity index (χ4n) is 3.62. The molecule has 3 rings (SSSR count). The number of anilines is 1. The van der Waals surface area contributed by atoms with Crippen LogP contribution >= 0.6 is 11.3 Å². The summed E-state index contributed by atoms with van der Waals surface area (Å²) in [7, 11) is -0.707. The number of benzene rings is 2. The Balaban J connectivity index is 1.93. The Morgan fingerprint density at radius 1 is 1.06 bits per heavy atom. The summed E-state index contributed by atoms with van der Waals surface area (Å²) in [4.78, 5) is 17.4. The molecule has 1 aromatic heterocycles. The molecule has 0 unspecified atom stereocenters. The zero-order chi connectivity index (χ0) is 23.6. The van der Waals surface area contributed by atoms with E-state index in [2.05, 4.69) is 10.3 Å². The van der Waals surface area contributed by atoms with E-state index in [1.54, 1.807) is 36.4 Å². The average molecular weight is 478 g/mol. The number of ether oxygens (including phenoxy) is 2. The Hall–Kier alpha value is -2.69. The van der Waals surface area contributed by atoms with Crippen molar-refractivity contribution in [2.24, 2.45) is 0 Å². The number of carbonyl (C=O) groups is 1. The maximum absolute atomic E-state index is 13.2. The van der Waals surface area contributed by atoms with Gasteiger partial charge in [-0.1, -0.05) is 17.4 Å². The summed E-state index contributed by atoms with van der Waals surface area (Å²) in [5.41, 5.74) is 0.904. The molecule has 0 saturated carbocycles. The zero-order valence-corrected chi connectivity index (χ0v) is 20.5. The molecule has 0 atom stereocenters. The molecule has 0 aliphatic carbocycles. The quantitative estimate of drug-likeness (QED) is 0.517. The van der Waals surface area contributed by atoms with E-state index < -0.39 is 15.9 Å². The van der Waals surface area contributed by atoms with Crippen LogP contribution in [0.15, 0.2) is 41.3 Å². The molecular weight excluding hydrogens is 450 g/mol. The van der Waals surface area contributed by atoms with Gasteiger partial charge in [0.2, 0.25) is 10.0 Å². The van der Waals surface area contributed by atoms with Crippen LogP contribution in [0.4, 0.5) is 5.13 Å². The first-order valence-corrected chi connectivity index (χ1v) is 12.3. The van der Waals surface area contributed by atoms with E-state index in [0.29, 0.717) is 32.4 Å². The summed E-state index contributed by atoms with van der Waals surface area (Å²) in [6, 6.07) is 9.47. The minimum atomic E-state index is -3.67. The number of nitrogens with one attached hydrogen (secondary N) is 1. The molecule has 1 amide bonds. The summed E-state index contributed by atoms with van der Waals surface area (Å²) >= 11 is 1.20. The lowest BCUT2D eigenvalue weighted by atomic mass is 10.1. The molecule has 0 saturated heterocycles. The maximum Gasteiger partial charge on any atom is 0.261 e. The summed E-state index contributed by atoms with van der Waals surface area (Å²) < 4.78 is 39.1. The Kier molecular flexibility index (Phi) is 7.06. The van der Waals surface area contributed by atoms with Crippen LogP contribution in [0.1, 0.15) is 38.1 Å². The maximum atomic E-state index is 13.2. The molecule has 0 aliphatic heterocycles. The number of para-hydroxylation sites is 1. The Morgan fingerprint density at radius 3 is 2.34 bits per heavy atom. The van der Waals surface area contributed by atoms with Crippen molar-refractivity contribution in [2.75, 3.05) is 19.5 Å². The van der Waals surface area contributed by atoms with E-state index in [0.717, 1.165) is 0 Å². The highest BCUT2D eigenvalue weighted by molar-refractivity contribution is 7.89. The number of rotatable bonds is 8. The Morgan fingerprint density at radius 2 is 1.75 bits per heavy atom. The van der Waals surface area contributed by atoms with Gasteiger partial charge in [0, 0.05) is 12.1 Å². The zero-order valence-electron chi connectivity index (χ0n) is 18.9. The average Bonchev–Trinajstić information content (AvgIpc) is 3.13. The summed E-state index contributed by atoms with van der Waals surface area (Å²) in [5.74, 6) is 0.363. The molecule has 1 N–H and O–H groups in total. The van der Waals surface area contributed by atoms with E-state index in [1.165, 1.54) is 29.9 Å². The van der Waals surface area contributed by atoms with Gasteiger partial charge in [0.15, 0.2) is 16.6 Å². The molecule has 172 valence electrons. The number of thiazole rings is 1. The fraction of sp³-hybridized carbons (Fsp3) is 0.364. The summed E-state index contributed by atoms with van der Waals surface area (Å²) in [6.45, 7) is 7.40. The molecule has 1 heterocycles. The number of hydrogen-bond acceptors (Lipinski definition) is 7. The normalized spacial score (nSPS) is 12.0. The first-order valence-electron chi connectivity index (χ1n) is 10.1. The molecule has 10 heteroatoms. The largest absolute Gasteiger partial charge is 0.493 e. The van der Waals surface area contributed by atoms with Crippen molar-refractivity contribution in [2.45, 2.75) is 44.7 Å². The number of hydrogen-bond donors (Lipinski definition) is 1. The number of fused-ring (bicyclic) bond motifs is 1. The molecule has 0 fully saturated rings. The topological polar surface area (TPSA) is 97.8 Å². The molecular formula is C22H27N3O5S2. The van der Waals surface area contributed by atoms with Gasteiger partial charge in [0.1, 0.15) is 0 Å². The standard InChI is InChI=1S/C22H27N3O5S2/c1-13(2)25(14(3)4)32(27,28)15-10-11-17-19(12-15)31-22(23-17)24-21(26)16-8-7-9-18(29-5)20(16)30-6/h7-14H,1-6H3,(H,23,24,26). The predicted octanol–water partition coefficient (Wildman–Crippen LogP) is 4.37. The Labute approximate surface area is 192 Å². The van der Waals surface area contributed by atoms with E-state index in [-0.39, 0.29) is 17.0 Å². The second-order valence-corrected chi connectivity index (χ2v) is 10.5. The predicted molar refractivity (Wildman–Crippen MR) is 126 cm³/mol. The third-order valence-corrected chi connectivity index (χ3v) is 8.00.